The highest BCUT2D eigenvalue weighted by atomic mass is 19.1. The van der Waals surface area contributed by atoms with Crippen molar-refractivity contribution in [2.75, 3.05) is 17.3 Å². The van der Waals surface area contributed by atoms with Crippen LogP contribution in [0.1, 0.15) is 32.3 Å². The van der Waals surface area contributed by atoms with Gasteiger partial charge in [-0.3, -0.25) is 4.90 Å². The Bertz CT molecular complexity index is 1410. The van der Waals surface area contributed by atoms with Crippen molar-refractivity contribution in [3.05, 3.63) is 84.1 Å². The fourth-order valence-corrected chi connectivity index (χ4v) is 5.11. The lowest BCUT2D eigenvalue weighted by Gasteiger charge is -2.44. The number of ether oxygens (including phenoxy) is 1. The highest BCUT2D eigenvalue weighted by molar-refractivity contribution is 5.95. The normalized spacial score (nSPS) is 18.6. The Labute approximate surface area is 202 Å². The maximum Gasteiger partial charge on any atom is 0.414 e. The first-order chi connectivity index (χ1) is 16.7. The summed E-state index contributed by atoms with van der Waals surface area (Å²) in [6, 6.07) is 17.7. The summed E-state index contributed by atoms with van der Waals surface area (Å²) in [5, 5.41) is 4.07. The molecule has 3 aromatic carbocycles. The van der Waals surface area contributed by atoms with Gasteiger partial charge < -0.3 is 15.0 Å². The van der Waals surface area contributed by atoms with Gasteiger partial charge in [0.1, 0.15) is 17.7 Å². The van der Waals surface area contributed by atoms with Crippen molar-refractivity contribution >= 4 is 28.4 Å². The van der Waals surface area contributed by atoms with Crippen molar-refractivity contribution in [2.45, 2.75) is 38.3 Å². The van der Waals surface area contributed by atoms with Gasteiger partial charge in [-0.1, -0.05) is 43.3 Å². The number of nitrogens with zero attached hydrogens (tertiary/aromatic N) is 1. The number of rotatable bonds is 3. The smallest absolute Gasteiger partial charge is 0.414 e. The number of fused-ring (bicyclic) bond motifs is 2. The average molecular weight is 476 g/mol. The lowest BCUT2D eigenvalue weighted by atomic mass is 9.77. The Kier molecular flexibility index (Phi) is 5.50. The number of carbonyl (C=O) groups excluding carboxylic acids is 1. The van der Waals surface area contributed by atoms with E-state index in [4.69, 9.17) is 4.74 Å². The predicted octanol–water partition coefficient (Wildman–Crippen LogP) is 7.06. The molecule has 2 heterocycles. The van der Waals surface area contributed by atoms with Gasteiger partial charge in [-0.15, -0.1) is 0 Å². The number of benzene rings is 3. The molecule has 0 radical (unpaired) electrons. The minimum absolute atomic E-state index is 0.100. The van der Waals surface area contributed by atoms with E-state index < -0.39 is 35.3 Å². The molecule has 1 aromatic heterocycles. The number of amides is 1. The number of H-pyrrole nitrogens is 1. The zero-order valence-corrected chi connectivity index (χ0v) is 20.0. The van der Waals surface area contributed by atoms with E-state index in [9.17, 15) is 4.79 Å². The number of carbonyl (C=O) groups is 1. The molecular weight excluding hydrogens is 448 g/mol. The molecule has 35 heavy (non-hydrogen) atoms. The quantitative estimate of drug-likeness (QED) is 0.333. The summed E-state index contributed by atoms with van der Waals surface area (Å²) >= 11 is 0. The first-order valence-electron chi connectivity index (χ1n) is 11.5. The van der Waals surface area contributed by atoms with E-state index in [1.54, 1.807) is 37.5 Å². The number of halogens is 2. The Balaban J connectivity index is 1.55. The highest BCUT2D eigenvalue weighted by Gasteiger charge is 2.45. The van der Waals surface area contributed by atoms with Crippen molar-refractivity contribution in [3.63, 3.8) is 0 Å². The Morgan fingerprint density at radius 2 is 1.80 bits per heavy atom. The third-order valence-electron chi connectivity index (χ3n) is 6.84. The van der Waals surface area contributed by atoms with E-state index in [-0.39, 0.29) is 5.56 Å². The number of para-hydroxylation sites is 2. The third kappa shape index (κ3) is 3.81. The van der Waals surface area contributed by atoms with Crippen molar-refractivity contribution in [2.24, 2.45) is 0 Å². The molecule has 4 aromatic rings. The molecule has 0 bridgehead atoms. The van der Waals surface area contributed by atoms with Gasteiger partial charge in [0.05, 0.1) is 16.6 Å². The van der Waals surface area contributed by atoms with Crippen LogP contribution >= 0.6 is 0 Å². The summed E-state index contributed by atoms with van der Waals surface area (Å²) in [6.07, 6.45) is 0.487. The fourth-order valence-electron chi connectivity index (χ4n) is 5.11. The molecule has 1 aliphatic heterocycles. The lowest BCUT2D eigenvalue weighted by Crippen LogP contribution is -2.53. The number of nitrogens with one attached hydrogen (secondary N) is 2. The maximum atomic E-state index is 16.1. The van der Waals surface area contributed by atoms with Crippen molar-refractivity contribution in [3.8, 4) is 11.1 Å². The molecule has 1 aliphatic rings. The summed E-state index contributed by atoms with van der Waals surface area (Å²) in [6.45, 7) is 5.52. The van der Waals surface area contributed by atoms with E-state index in [0.29, 0.717) is 28.0 Å². The summed E-state index contributed by atoms with van der Waals surface area (Å²) in [5.41, 5.74) is 1.58. The van der Waals surface area contributed by atoms with Crippen LogP contribution in [-0.2, 0) is 4.74 Å². The van der Waals surface area contributed by atoms with Gasteiger partial charge in [-0.05, 0) is 43.5 Å². The van der Waals surface area contributed by atoms with Gasteiger partial charge >= 0.3 is 6.09 Å². The van der Waals surface area contributed by atoms with Crippen LogP contribution < -0.4 is 10.2 Å². The summed E-state index contributed by atoms with van der Waals surface area (Å²) < 4.78 is 37.4. The molecule has 2 N–H and O–H groups in total. The van der Waals surface area contributed by atoms with Crippen LogP contribution in [0, 0.1) is 11.6 Å². The lowest BCUT2D eigenvalue weighted by molar-refractivity contribution is 0.0521. The van der Waals surface area contributed by atoms with E-state index in [0.717, 1.165) is 5.39 Å². The van der Waals surface area contributed by atoms with Crippen LogP contribution in [0.25, 0.3) is 22.0 Å². The predicted molar refractivity (Wildman–Crippen MR) is 135 cm³/mol. The number of hydrogen-bond donors (Lipinski definition) is 2. The second-order valence-corrected chi connectivity index (χ2v) is 9.59. The van der Waals surface area contributed by atoms with E-state index >= 15 is 8.78 Å². The average Bonchev–Trinajstić information content (AvgIpc) is 3.31. The number of aromatic amines is 1. The van der Waals surface area contributed by atoms with Gasteiger partial charge in [0.25, 0.3) is 0 Å². The molecule has 0 unspecified atom stereocenters. The second-order valence-electron chi connectivity index (χ2n) is 9.59. The number of aromatic nitrogens is 1. The van der Waals surface area contributed by atoms with Gasteiger partial charge in [-0.2, -0.15) is 0 Å². The fraction of sp³-hybridized carbons (Fsp3) is 0.250. The van der Waals surface area contributed by atoms with Crippen molar-refractivity contribution in [1.82, 2.24) is 4.98 Å². The molecule has 7 heteroatoms. The standard InChI is InChI=1S/C28H27F2N3O2/c1-16-22-21(15-20(29)23(24(22)30)19-12-8-9-17-13-14-31-25(17)19)32-28(2,3)26(16)35-27(34)33(4)18-10-6-5-7-11-18/h5-16,26,31-32H,1-4H3/t16-,26+/m0/s1. The Hall–Kier alpha value is -3.87. The Morgan fingerprint density at radius 1 is 1.06 bits per heavy atom. The molecular formula is C28H27F2N3O2. The molecule has 2 atom stereocenters. The van der Waals surface area contributed by atoms with Gasteiger partial charge in [0.15, 0.2) is 0 Å². The van der Waals surface area contributed by atoms with E-state index in [2.05, 4.69) is 10.3 Å². The van der Waals surface area contributed by atoms with E-state index in [1.165, 1.54) is 11.0 Å². The van der Waals surface area contributed by atoms with Gasteiger partial charge in [0, 0.05) is 41.7 Å². The zero-order chi connectivity index (χ0) is 24.9. The molecule has 5 nitrogen and oxygen atoms in total. The zero-order valence-electron chi connectivity index (χ0n) is 20.0. The minimum atomic E-state index is -0.764. The van der Waals surface area contributed by atoms with Crippen LogP contribution in [0.4, 0.5) is 25.0 Å². The first kappa shape index (κ1) is 22.9. The maximum absolute atomic E-state index is 16.1. The van der Waals surface area contributed by atoms with Gasteiger partial charge in [0.2, 0.25) is 0 Å². The molecule has 1 amide bonds. The summed E-state index contributed by atoms with van der Waals surface area (Å²) in [4.78, 5) is 17.5. The largest absolute Gasteiger partial charge is 0.443 e. The van der Waals surface area contributed by atoms with Crippen LogP contribution in [0.2, 0.25) is 0 Å². The molecule has 0 saturated carbocycles. The monoisotopic (exact) mass is 475 g/mol. The van der Waals surface area contributed by atoms with E-state index in [1.807, 2.05) is 51.1 Å². The Morgan fingerprint density at radius 3 is 2.54 bits per heavy atom. The molecule has 0 saturated heterocycles. The molecule has 180 valence electrons. The van der Waals surface area contributed by atoms with Crippen LogP contribution in [0.3, 0.4) is 0 Å². The third-order valence-corrected chi connectivity index (χ3v) is 6.84. The SMILES string of the molecule is C[C@H]1c2c(cc(F)c(-c3cccc4cc[nH]c34)c2F)NC(C)(C)[C@@H]1OC(=O)N(C)c1ccccc1. The second kappa shape index (κ2) is 8.41. The van der Waals surface area contributed by atoms with Gasteiger partial charge in [-0.25, -0.2) is 13.6 Å². The van der Waals surface area contributed by atoms with Crippen LogP contribution in [0.5, 0.6) is 0 Å². The van der Waals surface area contributed by atoms with Crippen LogP contribution in [0.15, 0.2) is 66.9 Å². The summed E-state index contributed by atoms with van der Waals surface area (Å²) in [7, 11) is 1.63. The summed E-state index contributed by atoms with van der Waals surface area (Å²) in [5.74, 6) is -1.84. The number of anilines is 2. The number of hydrogen-bond acceptors (Lipinski definition) is 3. The molecule has 0 fully saturated rings. The molecule has 0 spiro atoms. The molecule has 5 rings (SSSR count). The highest BCUT2D eigenvalue weighted by Crippen LogP contribution is 2.46. The van der Waals surface area contributed by atoms with Crippen molar-refractivity contribution in [1.29, 1.82) is 0 Å². The molecule has 0 aliphatic carbocycles. The first-order valence-corrected chi connectivity index (χ1v) is 11.5. The minimum Gasteiger partial charge on any atom is -0.443 e. The van der Waals surface area contributed by atoms with Crippen LogP contribution in [-0.4, -0.2) is 29.8 Å². The van der Waals surface area contributed by atoms with Crippen molar-refractivity contribution < 1.29 is 18.3 Å². The topological polar surface area (TPSA) is 57.4 Å².